The number of nitrogens with zero attached hydrogens (tertiary/aromatic N) is 5. The van der Waals surface area contributed by atoms with Gasteiger partial charge in [-0.15, -0.1) is 0 Å². The first-order chi connectivity index (χ1) is 17.3. The molecule has 4 rings (SSSR count). The summed E-state index contributed by atoms with van der Waals surface area (Å²) in [5, 5.41) is 4.68. The van der Waals surface area contributed by atoms with Crippen LogP contribution >= 0.6 is 0 Å². The molecule has 0 N–H and O–H groups in total. The molecule has 0 spiro atoms. The number of Topliss-reactive ketones (excluding diaryl/α,β-unsaturated/α-hetero) is 1. The van der Waals surface area contributed by atoms with Crippen LogP contribution in [0, 0.1) is 5.82 Å². The molecular formula is C28H34FN5O3. The molecule has 1 saturated heterocycles. The first-order valence-corrected chi connectivity index (χ1v) is 12.5. The third-order valence-corrected chi connectivity index (χ3v) is 6.78. The Morgan fingerprint density at radius 2 is 1.73 bits per heavy atom. The van der Waals surface area contributed by atoms with Gasteiger partial charge in [0, 0.05) is 43.6 Å². The van der Waals surface area contributed by atoms with Gasteiger partial charge in [0.25, 0.3) is 5.91 Å². The molecule has 1 aromatic carbocycles. The number of imidazole rings is 1. The quantitative estimate of drug-likeness (QED) is 0.515. The number of hydrogen-bond acceptors (Lipinski definition) is 5. The molecule has 1 aliphatic heterocycles. The van der Waals surface area contributed by atoms with Crippen molar-refractivity contribution in [2.75, 3.05) is 19.6 Å². The molecule has 2 aromatic heterocycles. The van der Waals surface area contributed by atoms with Crippen LogP contribution in [0.3, 0.4) is 0 Å². The van der Waals surface area contributed by atoms with Gasteiger partial charge in [0.1, 0.15) is 17.3 Å². The Labute approximate surface area is 216 Å². The fraction of sp³-hybridized carbons (Fsp3) is 0.464. The van der Waals surface area contributed by atoms with Crippen LogP contribution in [-0.2, 0) is 15.0 Å². The summed E-state index contributed by atoms with van der Waals surface area (Å²) in [5.74, 6) is -0.635. The number of halogens is 1. The zero-order chi connectivity index (χ0) is 27.1. The summed E-state index contributed by atoms with van der Waals surface area (Å²) in [5.41, 5.74) is 2.32. The van der Waals surface area contributed by atoms with Crippen LogP contribution in [0.5, 0.6) is 0 Å². The molecule has 0 atom stereocenters. The lowest BCUT2D eigenvalue weighted by atomic mass is 9.87. The van der Waals surface area contributed by atoms with Crippen LogP contribution in [0.25, 0.3) is 16.9 Å². The van der Waals surface area contributed by atoms with Crippen LogP contribution in [-0.4, -0.2) is 67.2 Å². The van der Waals surface area contributed by atoms with Crippen molar-refractivity contribution >= 4 is 23.2 Å². The monoisotopic (exact) mass is 507 g/mol. The van der Waals surface area contributed by atoms with Gasteiger partial charge < -0.3 is 14.6 Å². The molecule has 8 nitrogen and oxygen atoms in total. The van der Waals surface area contributed by atoms with Crippen molar-refractivity contribution in [3.63, 3.8) is 0 Å². The summed E-state index contributed by atoms with van der Waals surface area (Å²) in [7, 11) is 0. The summed E-state index contributed by atoms with van der Waals surface area (Å²) in [4.78, 5) is 45.7. The average molecular weight is 508 g/mol. The number of ketones is 1. The molecule has 0 bridgehead atoms. The van der Waals surface area contributed by atoms with Crippen molar-refractivity contribution < 1.29 is 18.8 Å². The van der Waals surface area contributed by atoms with E-state index < -0.39 is 5.54 Å². The maximum absolute atomic E-state index is 13.7. The Hall–Kier alpha value is -3.62. The van der Waals surface area contributed by atoms with Crippen LogP contribution in [0.1, 0.15) is 70.4 Å². The van der Waals surface area contributed by atoms with Crippen molar-refractivity contribution in [1.29, 1.82) is 0 Å². The van der Waals surface area contributed by atoms with Gasteiger partial charge >= 0.3 is 0 Å². The second-order valence-corrected chi connectivity index (χ2v) is 11.4. The molecule has 37 heavy (non-hydrogen) atoms. The van der Waals surface area contributed by atoms with E-state index in [0.717, 1.165) is 11.1 Å². The highest BCUT2D eigenvalue weighted by atomic mass is 19.1. The summed E-state index contributed by atoms with van der Waals surface area (Å²) < 4.78 is 15.1. The largest absolute Gasteiger partial charge is 0.339 e. The van der Waals surface area contributed by atoms with Crippen LogP contribution in [0.15, 0.2) is 36.5 Å². The lowest BCUT2D eigenvalue weighted by Crippen LogP contribution is -2.62. The fourth-order valence-electron chi connectivity index (χ4n) is 4.72. The summed E-state index contributed by atoms with van der Waals surface area (Å²) in [6, 6.07) is 8.09. The Bertz CT molecular complexity index is 1350. The predicted molar refractivity (Wildman–Crippen MR) is 139 cm³/mol. The zero-order valence-electron chi connectivity index (χ0n) is 22.3. The number of fused-ring (bicyclic) bond motifs is 1. The number of carbonyl (C=O) groups is 3. The van der Waals surface area contributed by atoms with Gasteiger partial charge in [-0.25, -0.2) is 13.9 Å². The third-order valence-electron chi connectivity index (χ3n) is 6.78. The second-order valence-electron chi connectivity index (χ2n) is 11.4. The van der Waals surface area contributed by atoms with E-state index in [1.165, 1.54) is 19.1 Å². The van der Waals surface area contributed by atoms with E-state index in [1.807, 2.05) is 19.9 Å². The highest BCUT2D eigenvalue weighted by molar-refractivity contribution is 5.94. The molecule has 0 unspecified atom stereocenters. The third kappa shape index (κ3) is 5.55. The van der Waals surface area contributed by atoms with E-state index in [2.05, 4.69) is 25.9 Å². The van der Waals surface area contributed by atoms with Crippen molar-refractivity contribution in [3.8, 4) is 11.3 Å². The molecule has 9 heteroatoms. The maximum atomic E-state index is 13.7. The van der Waals surface area contributed by atoms with Gasteiger partial charge in [0.15, 0.2) is 5.65 Å². The maximum Gasteiger partial charge on any atom is 0.274 e. The summed E-state index contributed by atoms with van der Waals surface area (Å²) >= 11 is 0. The lowest BCUT2D eigenvalue weighted by molar-refractivity contribution is -0.136. The molecule has 196 valence electrons. The fourth-order valence-corrected chi connectivity index (χ4v) is 4.72. The molecule has 2 amide bonds. The minimum atomic E-state index is -0.615. The van der Waals surface area contributed by atoms with Crippen molar-refractivity contribution in [2.24, 2.45) is 0 Å². The van der Waals surface area contributed by atoms with E-state index in [0.29, 0.717) is 31.0 Å². The van der Waals surface area contributed by atoms with Gasteiger partial charge in [-0.05, 0) is 56.5 Å². The number of benzene rings is 1. The first kappa shape index (κ1) is 26.4. The highest BCUT2D eigenvalue weighted by Crippen LogP contribution is 2.31. The number of piperazine rings is 1. The normalized spacial score (nSPS) is 15.8. The Kier molecular flexibility index (Phi) is 6.92. The summed E-state index contributed by atoms with van der Waals surface area (Å²) in [6.07, 6.45) is 2.05. The van der Waals surface area contributed by atoms with Gasteiger partial charge in [-0.2, -0.15) is 5.10 Å². The van der Waals surface area contributed by atoms with Crippen LogP contribution in [0.2, 0.25) is 0 Å². The molecule has 0 radical (unpaired) electrons. The Balaban J connectivity index is 1.64. The molecule has 1 fully saturated rings. The molecule has 0 aliphatic carbocycles. The Morgan fingerprint density at radius 3 is 2.32 bits per heavy atom. The molecular weight excluding hydrogens is 473 g/mol. The standard InChI is InChI=1S/C28H34FN5O3/c1-18(35)7-12-24(36)32-13-14-33(28(5,6)17-32)26(37)23-16-34-25(30-23)21(27(2,3)4)15-22(31-34)19-8-10-20(29)11-9-19/h8-11,15-16H,7,12-14,17H2,1-6H3. The topological polar surface area (TPSA) is 87.9 Å². The average Bonchev–Trinajstić information content (AvgIpc) is 3.25. The van der Waals surface area contributed by atoms with Crippen molar-refractivity contribution in [2.45, 2.75) is 65.3 Å². The summed E-state index contributed by atoms with van der Waals surface area (Å²) in [6.45, 7) is 12.7. The SMILES string of the molecule is CC(=O)CCC(=O)N1CCN(C(=O)c2cn3nc(-c4ccc(F)cc4)cc(C(C)(C)C)c3n2)C(C)(C)C1. The van der Waals surface area contributed by atoms with Gasteiger partial charge in [0.2, 0.25) is 5.91 Å². The molecule has 0 saturated carbocycles. The van der Waals surface area contributed by atoms with Crippen LogP contribution < -0.4 is 0 Å². The number of aromatic nitrogens is 3. The van der Waals surface area contributed by atoms with E-state index >= 15 is 0 Å². The molecule has 3 heterocycles. The van der Waals surface area contributed by atoms with E-state index in [4.69, 9.17) is 4.98 Å². The molecule has 3 aromatic rings. The molecule has 1 aliphatic rings. The highest BCUT2D eigenvalue weighted by Gasteiger charge is 2.39. The van der Waals surface area contributed by atoms with Crippen LogP contribution in [0.4, 0.5) is 4.39 Å². The number of hydrogen-bond donors (Lipinski definition) is 0. The minimum Gasteiger partial charge on any atom is -0.339 e. The predicted octanol–water partition coefficient (Wildman–Crippen LogP) is 4.27. The first-order valence-electron chi connectivity index (χ1n) is 12.5. The Morgan fingerprint density at radius 1 is 1.05 bits per heavy atom. The van der Waals surface area contributed by atoms with Gasteiger partial charge in [-0.3, -0.25) is 9.59 Å². The van der Waals surface area contributed by atoms with Gasteiger partial charge in [-0.1, -0.05) is 20.8 Å². The van der Waals surface area contributed by atoms with E-state index in [9.17, 15) is 18.8 Å². The number of amides is 2. The second kappa shape index (κ2) is 9.68. The van der Waals surface area contributed by atoms with E-state index in [-0.39, 0.29) is 47.4 Å². The van der Waals surface area contributed by atoms with Crippen molar-refractivity contribution in [3.05, 3.63) is 53.6 Å². The number of carbonyl (C=O) groups excluding carboxylic acids is 3. The lowest BCUT2D eigenvalue weighted by Gasteiger charge is -2.46. The minimum absolute atomic E-state index is 0.0147. The van der Waals surface area contributed by atoms with E-state index in [1.54, 1.807) is 32.6 Å². The van der Waals surface area contributed by atoms with Crippen molar-refractivity contribution in [1.82, 2.24) is 24.4 Å². The zero-order valence-corrected chi connectivity index (χ0v) is 22.3. The van der Waals surface area contributed by atoms with Gasteiger partial charge in [0.05, 0.1) is 17.4 Å². The number of rotatable bonds is 5. The smallest absolute Gasteiger partial charge is 0.274 e.